The minimum absolute atomic E-state index is 0.0122. The molecule has 0 spiro atoms. The number of hydrogen-bond donors (Lipinski definition) is 2. The van der Waals surface area contributed by atoms with Crippen molar-refractivity contribution in [1.29, 1.82) is 0 Å². The molecule has 0 bridgehead atoms. The largest absolute Gasteiger partial charge is 0.487 e. The molecule has 1 saturated carbocycles. The number of hydrogen-bond acceptors (Lipinski definition) is 11. The number of halogens is 3. The van der Waals surface area contributed by atoms with Gasteiger partial charge in [-0.3, -0.25) is 33.4 Å². The van der Waals surface area contributed by atoms with Gasteiger partial charge in [0.1, 0.15) is 34.5 Å². The number of rotatable bonds is 10. The standard InChI is InChI=1S/C43H48ClF2N9O7S/c1-25-21-29(7-8-31(25)48-41-47-23-26-22-30(44)40(58)54(38(26)50-41)28-5-3-4-6-28)63(60,61)53-17-13-27(14-18-53)52-19-15-43(46,16-20-52)24-62-34-11-9-32-37(36(34)45)51(2)42(59)55(32)33-10-12-35(56)49-39(33)57/h7-9,11,21-23,27-28,33H,3-6,10,12-20,24H2,1-2H3,(H,47,48,50)(H,49,56,57). The van der Waals surface area contributed by atoms with Crippen LogP contribution in [0.1, 0.15) is 81.9 Å². The Labute approximate surface area is 366 Å². The van der Waals surface area contributed by atoms with Crippen LogP contribution in [0, 0.1) is 12.7 Å². The molecule has 3 aromatic heterocycles. The number of carbonyl (C=O) groups is 2. The number of nitrogens with one attached hydrogen (secondary N) is 2. The SMILES string of the molecule is Cc1cc(S(=O)(=O)N2CCC(N3CCC(F)(COc4ccc5c(c4F)n(C)c(=O)n5C4CCC(=O)NC4=O)CC3)CC2)ccc1Nc1ncc2cc(Cl)c(=O)n(C3CCCC3)c2n1. The van der Waals surface area contributed by atoms with Crippen LogP contribution in [0.2, 0.25) is 5.02 Å². The minimum Gasteiger partial charge on any atom is -0.487 e. The number of fused-ring (bicyclic) bond motifs is 2. The Morgan fingerprint density at radius 2 is 1.68 bits per heavy atom. The fourth-order valence-electron chi connectivity index (χ4n) is 9.69. The molecule has 2 N–H and O–H groups in total. The molecule has 6 heterocycles. The summed E-state index contributed by atoms with van der Waals surface area (Å²) in [5.41, 5.74) is -0.776. The molecule has 0 radical (unpaired) electrons. The Hall–Kier alpha value is -5.24. The van der Waals surface area contributed by atoms with Gasteiger partial charge in [-0.25, -0.2) is 27.0 Å². The average Bonchev–Trinajstić information content (AvgIpc) is 3.88. The maximum Gasteiger partial charge on any atom is 0.329 e. The molecule has 5 aromatic rings. The first-order chi connectivity index (χ1) is 30.1. The zero-order chi connectivity index (χ0) is 44.4. The number of likely N-dealkylation sites (tertiary alicyclic amines) is 1. The van der Waals surface area contributed by atoms with Gasteiger partial charge in [-0.05, 0) is 93.8 Å². The van der Waals surface area contributed by atoms with Crippen molar-refractivity contribution in [3.8, 4) is 5.75 Å². The van der Waals surface area contributed by atoms with Gasteiger partial charge in [0.15, 0.2) is 11.6 Å². The van der Waals surface area contributed by atoms with Crippen LogP contribution in [-0.2, 0) is 26.7 Å². The number of sulfonamides is 1. The molecule has 1 unspecified atom stereocenters. The number of carbonyl (C=O) groups excluding carboxylic acids is 2. The van der Waals surface area contributed by atoms with Crippen LogP contribution >= 0.6 is 11.6 Å². The Balaban J connectivity index is 0.796. The zero-order valence-corrected chi connectivity index (χ0v) is 36.5. The molecule has 4 aliphatic rings. The molecular formula is C43H48ClF2N9O7S. The van der Waals surface area contributed by atoms with E-state index in [0.29, 0.717) is 61.3 Å². The summed E-state index contributed by atoms with van der Waals surface area (Å²) in [6.45, 7) is 2.85. The van der Waals surface area contributed by atoms with E-state index < -0.39 is 51.7 Å². The number of nitrogens with zero attached hydrogens (tertiary/aromatic N) is 7. The van der Waals surface area contributed by atoms with Crippen LogP contribution in [0.3, 0.4) is 0 Å². The monoisotopic (exact) mass is 907 g/mol. The molecule has 16 nitrogen and oxygen atoms in total. The number of ether oxygens (including phenoxy) is 1. The molecule has 20 heteroatoms. The number of imide groups is 1. The van der Waals surface area contributed by atoms with Crippen LogP contribution in [0.15, 0.2) is 57.1 Å². The third-order valence-electron chi connectivity index (χ3n) is 13.3. The first kappa shape index (κ1) is 43.0. The van der Waals surface area contributed by atoms with E-state index in [1.807, 2.05) is 0 Å². The fraction of sp³-hybridized carbons (Fsp3) is 0.488. The van der Waals surface area contributed by atoms with Gasteiger partial charge in [0.2, 0.25) is 27.8 Å². The second-order valence-corrected chi connectivity index (χ2v) is 19.6. The average molecular weight is 908 g/mol. The summed E-state index contributed by atoms with van der Waals surface area (Å²) in [5, 5.41) is 6.20. The van der Waals surface area contributed by atoms with E-state index in [0.717, 1.165) is 30.3 Å². The van der Waals surface area contributed by atoms with Crippen LogP contribution < -0.4 is 26.6 Å². The summed E-state index contributed by atoms with van der Waals surface area (Å²) < 4.78 is 70.8. The van der Waals surface area contributed by atoms with Crippen molar-refractivity contribution >= 4 is 67.1 Å². The molecule has 3 aliphatic heterocycles. The molecule has 3 saturated heterocycles. The van der Waals surface area contributed by atoms with Gasteiger partial charge in [0, 0.05) is 69.0 Å². The molecule has 1 atom stereocenters. The lowest BCUT2D eigenvalue weighted by Gasteiger charge is -2.43. The Bertz CT molecular complexity index is 2880. The minimum atomic E-state index is -3.82. The van der Waals surface area contributed by atoms with Crippen molar-refractivity contribution in [2.75, 3.05) is 38.1 Å². The van der Waals surface area contributed by atoms with Crippen molar-refractivity contribution in [3.63, 3.8) is 0 Å². The molecule has 1 aliphatic carbocycles. The predicted molar refractivity (Wildman–Crippen MR) is 231 cm³/mol. The molecular weight excluding hydrogens is 860 g/mol. The summed E-state index contributed by atoms with van der Waals surface area (Å²) >= 11 is 6.29. The van der Waals surface area contributed by atoms with E-state index >= 15 is 8.78 Å². The Kier molecular flexibility index (Phi) is 11.4. The summed E-state index contributed by atoms with van der Waals surface area (Å²) in [7, 11) is -2.44. The number of piperidine rings is 3. The number of anilines is 2. The first-order valence-electron chi connectivity index (χ1n) is 21.4. The van der Waals surface area contributed by atoms with Crippen molar-refractivity contribution in [3.05, 3.63) is 79.8 Å². The van der Waals surface area contributed by atoms with Crippen LogP contribution in [-0.4, -0.2) is 97.6 Å². The summed E-state index contributed by atoms with van der Waals surface area (Å²) in [6, 6.07) is 8.33. The first-order valence-corrected chi connectivity index (χ1v) is 23.2. The predicted octanol–water partition coefficient (Wildman–Crippen LogP) is 5.42. The Morgan fingerprint density at radius 1 is 0.952 bits per heavy atom. The smallest absolute Gasteiger partial charge is 0.329 e. The van der Waals surface area contributed by atoms with Gasteiger partial charge < -0.3 is 15.0 Å². The summed E-state index contributed by atoms with van der Waals surface area (Å²) in [5.74, 6) is -1.87. The van der Waals surface area contributed by atoms with Gasteiger partial charge in [-0.15, -0.1) is 0 Å². The lowest BCUT2D eigenvalue weighted by Crippen LogP contribution is -2.52. The van der Waals surface area contributed by atoms with Gasteiger partial charge in [0.25, 0.3) is 5.56 Å². The highest BCUT2D eigenvalue weighted by molar-refractivity contribution is 7.89. The second kappa shape index (κ2) is 16.7. The van der Waals surface area contributed by atoms with Crippen LogP contribution in [0.25, 0.3) is 22.1 Å². The zero-order valence-electron chi connectivity index (χ0n) is 34.9. The van der Waals surface area contributed by atoms with Crippen LogP contribution in [0.5, 0.6) is 5.75 Å². The maximum absolute atomic E-state index is 16.1. The quantitative estimate of drug-likeness (QED) is 0.171. The third-order valence-corrected chi connectivity index (χ3v) is 15.5. The number of alkyl halides is 1. The number of amides is 2. The van der Waals surface area contributed by atoms with E-state index in [4.69, 9.17) is 21.3 Å². The summed E-state index contributed by atoms with van der Waals surface area (Å²) in [4.78, 5) is 61.9. The lowest BCUT2D eigenvalue weighted by atomic mass is 9.91. The third kappa shape index (κ3) is 8.01. The molecule has 4 fully saturated rings. The van der Waals surface area contributed by atoms with Gasteiger partial charge in [-0.2, -0.15) is 9.29 Å². The van der Waals surface area contributed by atoms with Crippen molar-refractivity contribution < 1.29 is 31.5 Å². The van der Waals surface area contributed by atoms with Crippen molar-refractivity contribution in [2.24, 2.45) is 7.05 Å². The van der Waals surface area contributed by atoms with Crippen molar-refractivity contribution in [1.82, 2.24) is 38.2 Å². The normalized spacial score (nSPS) is 20.7. The number of benzene rings is 2. The number of aryl methyl sites for hydroxylation is 2. The lowest BCUT2D eigenvalue weighted by molar-refractivity contribution is -0.135. The molecule has 2 amide bonds. The topological polar surface area (TPSA) is 183 Å². The van der Waals surface area contributed by atoms with E-state index in [1.165, 1.54) is 28.1 Å². The number of imidazole rings is 1. The molecule has 2 aromatic carbocycles. The maximum atomic E-state index is 16.1. The molecule has 334 valence electrons. The highest BCUT2D eigenvalue weighted by Crippen LogP contribution is 2.35. The second-order valence-electron chi connectivity index (χ2n) is 17.2. The summed E-state index contributed by atoms with van der Waals surface area (Å²) in [6.07, 6.45) is 6.99. The van der Waals surface area contributed by atoms with Gasteiger partial charge in [-0.1, -0.05) is 24.4 Å². The van der Waals surface area contributed by atoms with E-state index in [-0.39, 0.29) is 76.0 Å². The highest BCUT2D eigenvalue weighted by atomic mass is 35.5. The number of aromatic nitrogens is 5. The highest BCUT2D eigenvalue weighted by Gasteiger charge is 2.40. The number of pyridine rings is 1. The molecule has 9 rings (SSSR count). The van der Waals surface area contributed by atoms with Gasteiger partial charge >= 0.3 is 5.69 Å². The van der Waals surface area contributed by atoms with Crippen molar-refractivity contribution in [2.45, 2.75) is 99.8 Å². The molecule has 63 heavy (non-hydrogen) atoms. The fourth-order valence-corrected chi connectivity index (χ4v) is 11.5. The van der Waals surface area contributed by atoms with E-state index in [9.17, 15) is 27.6 Å². The Morgan fingerprint density at radius 3 is 2.38 bits per heavy atom. The van der Waals surface area contributed by atoms with Gasteiger partial charge in [0.05, 0.1) is 10.4 Å². The van der Waals surface area contributed by atoms with E-state index in [1.54, 1.807) is 42.0 Å². The van der Waals surface area contributed by atoms with E-state index in [2.05, 4.69) is 20.5 Å². The van der Waals surface area contributed by atoms with Crippen LogP contribution in [0.4, 0.5) is 20.4 Å².